The van der Waals surface area contributed by atoms with Crippen LogP contribution in [0.5, 0.6) is 5.75 Å². The van der Waals surface area contributed by atoms with Crippen molar-refractivity contribution in [3.63, 3.8) is 0 Å². The summed E-state index contributed by atoms with van der Waals surface area (Å²) < 4.78 is 11.2. The van der Waals surface area contributed by atoms with Gasteiger partial charge >= 0.3 is 0 Å². The van der Waals surface area contributed by atoms with Crippen LogP contribution in [0.25, 0.3) is 0 Å². The Labute approximate surface area is 145 Å². The van der Waals surface area contributed by atoms with Crippen LogP contribution >= 0.6 is 0 Å². The molecule has 2 N–H and O–H groups in total. The maximum absolute atomic E-state index is 11.9. The molecule has 1 saturated heterocycles. The smallest absolute Gasteiger partial charge is 0.227 e. The minimum atomic E-state index is -0.609. The Bertz CT molecular complexity index is 512. The summed E-state index contributed by atoms with van der Waals surface area (Å²) in [4.78, 5) is 14.3. The first-order chi connectivity index (χ1) is 11.6. The molecule has 0 radical (unpaired) electrons. The van der Waals surface area contributed by atoms with Gasteiger partial charge in [-0.25, -0.2) is 0 Å². The van der Waals surface area contributed by atoms with Crippen LogP contribution < -0.4 is 10.5 Å². The maximum atomic E-state index is 11.9. The average Bonchev–Trinajstić information content (AvgIpc) is 2.61. The largest absolute Gasteiger partial charge is 0.492 e. The Balaban J connectivity index is 1.89. The van der Waals surface area contributed by atoms with Crippen LogP contribution in [0.15, 0.2) is 24.3 Å². The first-order valence-electron chi connectivity index (χ1n) is 8.89. The summed E-state index contributed by atoms with van der Waals surface area (Å²) in [5.74, 6) is 0.561. The van der Waals surface area contributed by atoms with Gasteiger partial charge in [0.15, 0.2) is 0 Å². The van der Waals surface area contributed by atoms with E-state index in [1.165, 1.54) is 0 Å². The summed E-state index contributed by atoms with van der Waals surface area (Å²) in [6, 6.07) is 7.79. The predicted octanol–water partition coefficient (Wildman–Crippen LogP) is 2.33. The van der Waals surface area contributed by atoms with Crippen LogP contribution in [0.1, 0.15) is 38.7 Å². The maximum Gasteiger partial charge on any atom is 0.227 e. The molecule has 1 heterocycles. The third-order valence-electron chi connectivity index (χ3n) is 4.85. The van der Waals surface area contributed by atoms with Gasteiger partial charge in [0.05, 0.1) is 18.6 Å². The lowest BCUT2D eigenvalue weighted by Crippen LogP contribution is -2.38. The van der Waals surface area contributed by atoms with Crippen molar-refractivity contribution in [2.75, 3.05) is 39.5 Å². The molecule has 1 atom stereocenters. The lowest BCUT2D eigenvalue weighted by atomic mass is 9.77. The number of ether oxygens (including phenoxy) is 2. The van der Waals surface area contributed by atoms with Gasteiger partial charge < -0.3 is 15.2 Å². The number of hydrogen-bond acceptors (Lipinski definition) is 4. The molecule has 134 valence electrons. The molecule has 0 bridgehead atoms. The molecule has 1 fully saturated rings. The van der Waals surface area contributed by atoms with E-state index in [1.54, 1.807) is 0 Å². The van der Waals surface area contributed by atoms with E-state index in [1.807, 2.05) is 31.2 Å². The average molecular weight is 334 g/mol. The number of amides is 1. The standard InChI is InChI=1S/C19H30N2O3/c1-3-4-9-19(2,18(20)22)16-5-7-17(8-6-16)24-15-12-21-10-13-23-14-11-21/h5-8H,3-4,9-15H2,1-2H3,(H2,20,22). The van der Waals surface area contributed by atoms with Crippen LogP contribution in [0.3, 0.4) is 0 Å². The molecule has 1 amide bonds. The highest BCUT2D eigenvalue weighted by Crippen LogP contribution is 2.30. The first kappa shape index (κ1) is 18.7. The Morgan fingerprint density at radius 3 is 2.54 bits per heavy atom. The zero-order chi connectivity index (χ0) is 17.4. The number of nitrogens with two attached hydrogens (primary N) is 1. The molecule has 0 aromatic heterocycles. The van der Waals surface area contributed by atoms with Crippen molar-refractivity contribution in [2.24, 2.45) is 5.73 Å². The van der Waals surface area contributed by atoms with E-state index < -0.39 is 5.41 Å². The van der Waals surface area contributed by atoms with Gasteiger partial charge in [-0.15, -0.1) is 0 Å². The highest BCUT2D eigenvalue weighted by Gasteiger charge is 2.32. The second-order valence-electron chi connectivity index (χ2n) is 6.63. The molecule has 5 heteroatoms. The van der Waals surface area contributed by atoms with Crippen molar-refractivity contribution in [3.05, 3.63) is 29.8 Å². The second kappa shape index (κ2) is 9.04. The second-order valence-corrected chi connectivity index (χ2v) is 6.63. The predicted molar refractivity (Wildman–Crippen MR) is 95.3 cm³/mol. The quantitative estimate of drug-likeness (QED) is 0.753. The lowest BCUT2D eigenvalue weighted by Gasteiger charge is -2.27. The molecular weight excluding hydrogens is 304 g/mol. The summed E-state index contributed by atoms with van der Waals surface area (Å²) in [5.41, 5.74) is 6.01. The number of unbranched alkanes of at least 4 members (excludes halogenated alkanes) is 1. The van der Waals surface area contributed by atoms with E-state index in [0.717, 1.165) is 63.4 Å². The van der Waals surface area contributed by atoms with Crippen molar-refractivity contribution in [1.82, 2.24) is 4.90 Å². The van der Waals surface area contributed by atoms with Crippen LogP contribution in [-0.2, 0) is 14.9 Å². The fraction of sp³-hybridized carbons (Fsp3) is 0.632. The zero-order valence-electron chi connectivity index (χ0n) is 14.9. The van der Waals surface area contributed by atoms with Crippen LogP contribution in [0, 0.1) is 0 Å². The highest BCUT2D eigenvalue weighted by atomic mass is 16.5. The van der Waals surface area contributed by atoms with Crippen molar-refractivity contribution >= 4 is 5.91 Å². The summed E-state index contributed by atoms with van der Waals surface area (Å²) in [6.07, 6.45) is 2.80. The number of carbonyl (C=O) groups is 1. The number of benzene rings is 1. The topological polar surface area (TPSA) is 64.8 Å². The summed E-state index contributed by atoms with van der Waals surface area (Å²) in [6.45, 7) is 9.15. The molecular formula is C19H30N2O3. The monoisotopic (exact) mass is 334 g/mol. The van der Waals surface area contributed by atoms with E-state index in [9.17, 15) is 4.79 Å². The van der Waals surface area contributed by atoms with Crippen molar-refractivity contribution in [3.8, 4) is 5.75 Å². The van der Waals surface area contributed by atoms with Crippen molar-refractivity contribution in [1.29, 1.82) is 0 Å². The van der Waals surface area contributed by atoms with Crippen molar-refractivity contribution < 1.29 is 14.3 Å². The number of carbonyl (C=O) groups excluding carboxylic acids is 1. The Morgan fingerprint density at radius 1 is 1.29 bits per heavy atom. The Morgan fingerprint density at radius 2 is 1.96 bits per heavy atom. The van der Waals surface area contributed by atoms with Gasteiger partial charge in [-0.2, -0.15) is 0 Å². The van der Waals surface area contributed by atoms with E-state index in [-0.39, 0.29) is 5.91 Å². The Hall–Kier alpha value is -1.59. The SMILES string of the molecule is CCCCC(C)(C(N)=O)c1ccc(OCCN2CCOCC2)cc1. The molecule has 0 aliphatic carbocycles. The molecule has 1 unspecified atom stereocenters. The fourth-order valence-corrected chi connectivity index (χ4v) is 2.98. The number of morpholine rings is 1. The number of primary amides is 1. The number of hydrogen-bond donors (Lipinski definition) is 1. The van der Waals surface area contributed by atoms with E-state index in [4.69, 9.17) is 15.2 Å². The molecule has 1 aromatic rings. The number of nitrogens with zero attached hydrogens (tertiary/aromatic N) is 1. The van der Waals surface area contributed by atoms with E-state index in [0.29, 0.717) is 6.61 Å². The number of rotatable bonds is 9. The fourth-order valence-electron chi connectivity index (χ4n) is 2.98. The molecule has 0 saturated carbocycles. The van der Waals surface area contributed by atoms with E-state index in [2.05, 4.69) is 11.8 Å². The minimum absolute atomic E-state index is 0.267. The Kier molecular flexibility index (Phi) is 7.06. The van der Waals surface area contributed by atoms with Gasteiger partial charge in [0.25, 0.3) is 0 Å². The summed E-state index contributed by atoms with van der Waals surface area (Å²) in [5, 5.41) is 0. The molecule has 1 aliphatic heterocycles. The normalized spacial score (nSPS) is 18.1. The van der Waals surface area contributed by atoms with Gasteiger partial charge in [-0.3, -0.25) is 9.69 Å². The molecule has 1 aromatic carbocycles. The van der Waals surface area contributed by atoms with Crippen LogP contribution in [-0.4, -0.2) is 50.3 Å². The highest BCUT2D eigenvalue weighted by molar-refractivity contribution is 5.86. The minimum Gasteiger partial charge on any atom is -0.492 e. The lowest BCUT2D eigenvalue weighted by molar-refractivity contribution is -0.123. The van der Waals surface area contributed by atoms with Crippen molar-refractivity contribution in [2.45, 2.75) is 38.5 Å². The van der Waals surface area contributed by atoms with Gasteiger partial charge in [0, 0.05) is 19.6 Å². The summed E-state index contributed by atoms with van der Waals surface area (Å²) >= 11 is 0. The van der Waals surface area contributed by atoms with Crippen LogP contribution in [0.2, 0.25) is 0 Å². The zero-order valence-corrected chi connectivity index (χ0v) is 14.9. The summed E-state index contributed by atoms with van der Waals surface area (Å²) in [7, 11) is 0. The molecule has 2 rings (SSSR count). The molecule has 5 nitrogen and oxygen atoms in total. The van der Waals surface area contributed by atoms with Gasteiger partial charge in [-0.1, -0.05) is 31.9 Å². The third kappa shape index (κ3) is 4.95. The molecule has 24 heavy (non-hydrogen) atoms. The van der Waals surface area contributed by atoms with Gasteiger partial charge in [0.2, 0.25) is 5.91 Å². The molecule has 1 aliphatic rings. The van der Waals surface area contributed by atoms with Gasteiger partial charge in [0.1, 0.15) is 12.4 Å². The van der Waals surface area contributed by atoms with Crippen LogP contribution in [0.4, 0.5) is 0 Å². The first-order valence-corrected chi connectivity index (χ1v) is 8.89. The molecule has 0 spiro atoms. The van der Waals surface area contributed by atoms with Gasteiger partial charge in [-0.05, 0) is 31.0 Å². The third-order valence-corrected chi connectivity index (χ3v) is 4.85. The van der Waals surface area contributed by atoms with E-state index >= 15 is 0 Å².